The molecule has 0 aliphatic heterocycles. The lowest BCUT2D eigenvalue weighted by Crippen LogP contribution is -2.23. The molecule has 1 atom stereocenters. The molecule has 24 heavy (non-hydrogen) atoms. The second kappa shape index (κ2) is 8.39. The van der Waals surface area contributed by atoms with Gasteiger partial charge in [-0.25, -0.2) is 4.79 Å². The summed E-state index contributed by atoms with van der Waals surface area (Å²) in [5, 5.41) is 30.9. The molecule has 1 heterocycles. The highest BCUT2D eigenvalue weighted by Crippen LogP contribution is 2.36. The molecule has 2 aromatic rings. The number of nitrogens with zero attached hydrogens (tertiary/aromatic N) is 1. The molecule has 0 saturated heterocycles. The minimum absolute atomic E-state index is 0.0153. The van der Waals surface area contributed by atoms with Crippen molar-refractivity contribution in [1.29, 1.82) is 0 Å². The van der Waals surface area contributed by atoms with Crippen molar-refractivity contribution in [3.63, 3.8) is 0 Å². The van der Waals surface area contributed by atoms with E-state index < -0.39 is 27.6 Å². The zero-order valence-corrected chi connectivity index (χ0v) is 13.3. The summed E-state index contributed by atoms with van der Waals surface area (Å²) in [7, 11) is 0. The Morgan fingerprint density at radius 1 is 1.29 bits per heavy atom. The quantitative estimate of drug-likeness (QED) is 0.524. The normalized spacial score (nSPS) is 11.9. The Morgan fingerprint density at radius 2 is 2.00 bits per heavy atom. The topological polar surface area (TPSA) is 119 Å². The van der Waals surface area contributed by atoms with Gasteiger partial charge in [-0.15, -0.1) is 11.3 Å². The van der Waals surface area contributed by atoms with Crippen LogP contribution >= 0.6 is 11.3 Å². The molecule has 0 amide bonds. The van der Waals surface area contributed by atoms with Crippen molar-refractivity contribution in [3.05, 3.63) is 56.3 Å². The van der Waals surface area contributed by atoms with Crippen LogP contribution < -0.4 is 4.74 Å². The van der Waals surface area contributed by atoms with Gasteiger partial charge >= 0.3 is 11.7 Å². The van der Waals surface area contributed by atoms with E-state index in [0.717, 1.165) is 5.56 Å². The maximum atomic E-state index is 11.0. The number of aliphatic hydroxyl groups is 1. The van der Waals surface area contributed by atoms with E-state index in [-0.39, 0.29) is 19.0 Å². The van der Waals surface area contributed by atoms with Gasteiger partial charge in [0.2, 0.25) is 5.75 Å². The van der Waals surface area contributed by atoms with Gasteiger partial charge in [0.25, 0.3) is 0 Å². The zero-order valence-electron chi connectivity index (χ0n) is 12.5. The average molecular weight is 353 g/mol. The predicted octanol–water partition coefficient (Wildman–Crippen LogP) is 2.31. The number of carbonyl (C=O) groups is 1. The van der Waals surface area contributed by atoms with Gasteiger partial charge < -0.3 is 19.7 Å². The van der Waals surface area contributed by atoms with E-state index in [1.165, 1.54) is 5.38 Å². The van der Waals surface area contributed by atoms with E-state index in [1.54, 1.807) is 0 Å². The minimum Gasteiger partial charge on any atom is -0.483 e. The molecule has 0 fully saturated rings. The Bertz CT molecular complexity index is 701. The van der Waals surface area contributed by atoms with E-state index in [0.29, 0.717) is 17.9 Å². The predicted molar refractivity (Wildman–Crippen MR) is 85.5 cm³/mol. The van der Waals surface area contributed by atoms with Crippen LogP contribution in [0.25, 0.3) is 0 Å². The molecule has 0 aliphatic rings. The number of ether oxygens (including phenoxy) is 2. The van der Waals surface area contributed by atoms with Gasteiger partial charge in [0.1, 0.15) is 12.7 Å². The number of thiophene rings is 1. The van der Waals surface area contributed by atoms with Crippen molar-refractivity contribution in [2.75, 3.05) is 13.2 Å². The molecule has 1 unspecified atom stereocenters. The number of aliphatic hydroxyl groups excluding tert-OH is 1. The van der Waals surface area contributed by atoms with E-state index in [9.17, 15) is 20.0 Å². The smallest absolute Gasteiger partial charge is 0.353 e. The lowest BCUT2D eigenvalue weighted by molar-refractivity contribution is -0.385. The van der Waals surface area contributed by atoms with Crippen molar-refractivity contribution in [2.45, 2.75) is 12.7 Å². The first-order chi connectivity index (χ1) is 11.5. The number of aromatic carboxylic acids is 1. The van der Waals surface area contributed by atoms with Gasteiger partial charge in [-0.1, -0.05) is 30.3 Å². The first-order valence-electron chi connectivity index (χ1n) is 6.90. The number of carboxylic acid groups (broad SMARTS) is 1. The Morgan fingerprint density at radius 3 is 2.62 bits per heavy atom. The summed E-state index contributed by atoms with van der Waals surface area (Å²) >= 11 is 0.700. The molecule has 8 nitrogen and oxygen atoms in total. The molecule has 9 heteroatoms. The Balaban J connectivity index is 1.84. The minimum atomic E-state index is -1.40. The monoisotopic (exact) mass is 353 g/mol. The number of carboxylic acids is 1. The number of benzene rings is 1. The Labute approximate surface area is 141 Å². The highest BCUT2D eigenvalue weighted by molar-refractivity contribution is 7.12. The van der Waals surface area contributed by atoms with Crippen LogP contribution in [0.5, 0.6) is 5.75 Å². The second-order valence-electron chi connectivity index (χ2n) is 4.81. The van der Waals surface area contributed by atoms with Gasteiger partial charge in [0.15, 0.2) is 4.88 Å². The van der Waals surface area contributed by atoms with Gasteiger partial charge in [-0.2, -0.15) is 0 Å². The molecular weight excluding hydrogens is 338 g/mol. The van der Waals surface area contributed by atoms with Gasteiger partial charge in [0, 0.05) is 5.38 Å². The van der Waals surface area contributed by atoms with E-state index in [1.807, 2.05) is 30.3 Å². The molecule has 0 radical (unpaired) electrons. The second-order valence-corrected chi connectivity index (χ2v) is 5.69. The number of rotatable bonds is 9. The largest absolute Gasteiger partial charge is 0.483 e. The third-order valence-corrected chi connectivity index (χ3v) is 3.90. The molecule has 0 spiro atoms. The SMILES string of the molecule is O=C(O)c1scc(OCC(O)COCc2ccccc2)c1[N+](=O)[O-]. The van der Waals surface area contributed by atoms with E-state index >= 15 is 0 Å². The highest BCUT2D eigenvalue weighted by Gasteiger charge is 2.29. The van der Waals surface area contributed by atoms with Crippen molar-refractivity contribution in [2.24, 2.45) is 0 Å². The fourth-order valence-corrected chi connectivity index (χ4v) is 2.68. The number of nitro groups is 1. The summed E-state index contributed by atoms with van der Waals surface area (Å²) in [5.74, 6) is -1.57. The Kier molecular flexibility index (Phi) is 6.24. The zero-order chi connectivity index (χ0) is 17.5. The van der Waals surface area contributed by atoms with Crippen LogP contribution in [-0.4, -0.2) is 40.4 Å². The van der Waals surface area contributed by atoms with E-state index in [2.05, 4.69) is 0 Å². The van der Waals surface area contributed by atoms with Crippen LogP contribution in [0, 0.1) is 10.1 Å². The molecule has 2 N–H and O–H groups in total. The van der Waals surface area contributed by atoms with Gasteiger partial charge in [-0.05, 0) is 5.56 Å². The van der Waals surface area contributed by atoms with Crippen LogP contribution in [0.3, 0.4) is 0 Å². The van der Waals surface area contributed by atoms with Crippen molar-refractivity contribution in [1.82, 2.24) is 0 Å². The molecule has 128 valence electrons. The molecule has 1 aromatic heterocycles. The van der Waals surface area contributed by atoms with Crippen LogP contribution in [0.2, 0.25) is 0 Å². The standard InChI is InChI=1S/C15H15NO7S/c17-11(7-22-6-10-4-2-1-3-5-10)8-23-12-9-24-14(15(18)19)13(12)16(20)21/h1-5,9,11,17H,6-8H2,(H,18,19). The average Bonchev–Trinajstić information content (AvgIpc) is 2.98. The molecule has 2 rings (SSSR count). The first-order valence-corrected chi connectivity index (χ1v) is 7.78. The molecular formula is C15H15NO7S. The lowest BCUT2D eigenvalue weighted by atomic mass is 10.2. The maximum Gasteiger partial charge on any atom is 0.353 e. The lowest BCUT2D eigenvalue weighted by Gasteiger charge is -2.12. The first kappa shape index (κ1) is 17.9. The van der Waals surface area contributed by atoms with Crippen LogP contribution in [0.4, 0.5) is 5.69 Å². The summed E-state index contributed by atoms with van der Waals surface area (Å²) in [5.41, 5.74) is 0.343. The molecule has 0 saturated carbocycles. The molecule has 0 aliphatic carbocycles. The van der Waals surface area contributed by atoms with Crippen molar-refractivity contribution >= 4 is 23.0 Å². The van der Waals surface area contributed by atoms with Crippen LogP contribution in [0.15, 0.2) is 35.7 Å². The van der Waals surface area contributed by atoms with Crippen molar-refractivity contribution < 1.29 is 29.4 Å². The molecule has 0 bridgehead atoms. The number of hydrogen-bond acceptors (Lipinski definition) is 7. The highest BCUT2D eigenvalue weighted by atomic mass is 32.1. The van der Waals surface area contributed by atoms with Crippen LogP contribution in [-0.2, 0) is 11.3 Å². The van der Waals surface area contributed by atoms with Gasteiger partial charge in [-0.3, -0.25) is 10.1 Å². The maximum absolute atomic E-state index is 11.0. The summed E-state index contributed by atoms with van der Waals surface area (Å²) in [4.78, 5) is 20.7. The molecule has 1 aromatic carbocycles. The fourth-order valence-electron chi connectivity index (χ4n) is 1.88. The third-order valence-electron chi connectivity index (χ3n) is 2.96. The van der Waals surface area contributed by atoms with Crippen molar-refractivity contribution in [3.8, 4) is 5.75 Å². The van der Waals surface area contributed by atoms with Gasteiger partial charge in [0.05, 0.1) is 18.1 Å². The summed E-state index contributed by atoms with van der Waals surface area (Å²) < 4.78 is 10.5. The fraction of sp³-hybridized carbons (Fsp3) is 0.267. The third kappa shape index (κ3) is 4.75. The summed E-state index contributed by atoms with van der Waals surface area (Å²) in [6.07, 6.45) is -0.999. The van der Waals surface area contributed by atoms with Crippen LogP contribution in [0.1, 0.15) is 15.2 Å². The number of hydrogen-bond donors (Lipinski definition) is 2. The summed E-state index contributed by atoms with van der Waals surface area (Å²) in [6, 6.07) is 9.38. The Hall–Kier alpha value is -2.49. The summed E-state index contributed by atoms with van der Waals surface area (Å²) in [6.45, 7) is 0.0592. The van der Waals surface area contributed by atoms with E-state index in [4.69, 9.17) is 14.6 Å².